The lowest BCUT2D eigenvalue weighted by Gasteiger charge is -2.31. The topological polar surface area (TPSA) is 99.7 Å². The predicted molar refractivity (Wildman–Crippen MR) is 97.1 cm³/mol. The van der Waals surface area contributed by atoms with E-state index in [1.54, 1.807) is 26.5 Å². The van der Waals surface area contributed by atoms with E-state index in [9.17, 15) is 9.90 Å². The van der Waals surface area contributed by atoms with Gasteiger partial charge in [-0.05, 0) is 26.3 Å². The number of hydrogen-bond donors (Lipinski definition) is 3. The molecule has 0 spiro atoms. The molecule has 1 aromatic heterocycles. The van der Waals surface area contributed by atoms with Crippen LogP contribution in [0.5, 0.6) is 0 Å². The molecule has 0 bridgehead atoms. The summed E-state index contributed by atoms with van der Waals surface area (Å²) < 4.78 is 0. The lowest BCUT2D eigenvalue weighted by molar-refractivity contribution is -0.120. The van der Waals surface area contributed by atoms with Crippen molar-refractivity contribution in [2.24, 2.45) is 0 Å². The second-order valence-electron chi connectivity index (χ2n) is 5.21. The van der Waals surface area contributed by atoms with Gasteiger partial charge in [0, 0.05) is 41.5 Å². The average molecular weight is 360 g/mol. The molecule has 1 rings (SSSR count). The van der Waals surface area contributed by atoms with Crippen LogP contribution in [0.4, 0.5) is 5.82 Å². The van der Waals surface area contributed by atoms with Crippen LogP contribution in [-0.2, 0) is 11.3 Å². The third kappa shape index (κ3) is 6.58. The molecular formula is C15H25N3O3S2. The Labute approximate surface area is 145 Å². The van der Waals surface area contributed by atoms with Gasteiger partial charge in [-0.3, -0.25) is 4.79 Å². The summed E-state index contributed by atoms with van der Waals surface area (Å²) >= 11 is 0. The van der Waals surface area contributed by atoms with Crippen molar-refractivity contribution in [3.63, 3.8) is 0 Å². The minimum Gasteiger partial charge on any atom is -0.396 e. The monoisotopic (exact) mass is 359 g/mol. The number of amides is 1. The Balaban J connectivity index is 2.77. The first kappa shape index (κ1) is 20.1. The maximum absolute atomic E-state index is 11.5. The minimum atomic E-state index is -0.0726. The van der Waals surface area contributed by atoms with Crippen LogP contribution in [0.25, 0.3) is 0 Å². The fraction of sp³-hybridized carbons (Fsp3) is 0.600. The lowest BCUT2D eigenvalue weighted by atomic mass is 10.1. The van der Waals surface area contributed by atoms with E-state index in [0.29, 0.717) is 24.5 Å². The molecule has 0 fully saturated rings. The molecule has 23 heavy (non-hydrogen) atoms. The van der Waals surface area contributed by atoms with Crippen molar-refractivity contribution in [2.75, 3.05) is 24.7 Å². The highest BCUT2D eigenvalue weighted by Crippen LogP contribution is 2.32. The van der Waals surface area contributed by atoms with Gasteiger partial charge in [0.25, 0.3) is 0 Å². The highest BCUT2D eigenvalue weighted by molar-refractivity contribution is 8.77. The summed E-state index contributed by atoms with van der Waals surface area (Å²) in [4.78, 5) is 17.4. The molecule has 0 aromatic carbocycles. The third-order valence-corrected chi connectivity index (χ3v) is 6.49. The normalized spacial score (nSPS) is 13.6. The fourth-order valence-corrected chi connectivity index (χ4v) is 4.77. The van der Waals surface area contributed by atoms with Crippen molar-refractivity contribution < 1.29 is 15.0 Å². The van der Waals surface area contributed by atoms with Crippen LogP contribution in [0.3, 0.4) is 0 Å². The van der Waals surface area contributed by atoms with Gasteiger partial charge in [-0.25, -0.2) is 4.98 Å². The van der Waals surface area contributed by atoms with Crippen molar-refractivity contribution >= 4 is 33.8 Å². The van der Waals surface area contributed by atoms with E-state index in [1.807, 2.05) is 26.0 Å². The summed E-state index contributed by atoms with van der Waals surface area (Å²) in [6.45, 7) is 4.38. The Bertz CT molecular complexity index is 491. The largest absolute Gasteiger partial charge is 0.396 e. The number of nitrogens with zero attached hydrogens (tertiary/aromatic N) is 2. The minimum absolute atomic E-state index is 0.0581. The zero-order chi connectivity index (χ0) is 17.2. The molecule has 0 aliphatic rings. The smallest absolute Gasteiger partial charge is 0.210 e. The Hall–Kier alpha value is -0.960. The molecule has 2 atom stereocenters. The van der Waals surface area contributed by atoms with Crippen molar-refractivity contribution in [3.05, 3.63) is 23.4 Å². The maximum Gasteiger partial charge on any atom is 0.210 e. The summed E-state index contributed by atoms with van der Waals surface area (Å²) in [5.74, 6) is 1.06. The second kappa shape index (κ2) is 10.7. The highest BCUT2D eigenvalue weighted by Gasteiger charge is 2.24. The average Bonchev–Trinajstić information content (AvgIpc) is 2.53. The van der Waals surface area contributed by atoms with E-state index in [2.05, 4.69) is 4.98 Å². The molecule has 1 heterocycles. The Morgan fingerprint density at radius 1 is 1.39 bits per heavy atom. The van der Waals surface area contributed by atoms with Gasteiger partial charge >= 0.3 is 0 Å². The number of aliphatic hydroxyl groups excluding tert-OH is 2. The first-order valence-electron chi connectivity index (χ1n) is 7.46. The van der Waals surface area contributed by atoms with Gasteiger partial charge in [-0.2, -0.15) is 0 Å². The van der Waals surface area contributed by atoms with E-state index >= 15 is 0 Å². The number of hydrogen-bond acceptors (Lipinski definition) is 7. The number of nitrogen functional groups attached to an aromatic ring is 1. The summed E-state index contributed by atoms with van der Waals surface area (Å²) in [7, 11) is 3.13. The second-order valence-corrected chi connectivity index (χ2v) is 7.93. The molecule has 0 saturated carbocycles. The van der Waals surface area contributed by atoms with Crippen LogP contribution < -0.4 is 5.73 Å². The van der Waals surface area contributed by atoms with E-state index in [4.69, 9.17) is 10.8 Å². The van der Waals surface area contributed by atoms with Gasteiger partial charge in [-0.1, -0.05) is 27.7 Å². The molecule has 6 nitrogen and oxygen atoms in total. The maximum atomic E-state index is 11.5. The zero-order valence-corrected chi connectivity index (χ0v) is 15.1. The standard InChI is InChI=1S/C15H25N3O3S2/c1-11-3-4-13(15(16)17-11)9-18(10-21)12(2)14(5-6-19)23-22-8-7-20/h3-4,10,12,14,19-20H,5-9H2,1-2H3,(H2,16,17). The number of rotatable bonds is 11. The fourth-order valence-electron chi connectivity index (χ4n) is 2.10. The van der Waals surface area contributed by atoms with E-state index in [1.165, 1.54) is 0 Å². The van der Waals surface area contributed by atoms with Crippen molar-refractivity contribution in [1.82, 2.24) is 9.88 Å². The molecule has 0 radical (unpaired) electrons. The number of nitrogens with two attached hydrogens (primary N) is 1. The zero-order valence-electron chi connectivity index (χ0n) is 13.5. The van der Waals surface area contributed by atoms with Gasteiger partial charge in [0.2, 0.25) is 6.41 Å². The molecule has 130 valence electrons. The molecule has 0 aliphatic heterocycles. The summed E-state index contributed by atoms with van der Waals surface area (Å²) in [6.07, 6.45) is 1.39. The lowest BCUT2D eigenvalue weighted by Crippen LogP contribution is -2.39. The number of anilines is 1. The van der Waals surface area contributed by atoms with E-state index in [-0.39, 0.29) is 24.5 Å². The predicted octanol–water partition coefficient (Wildman–Crippen LogP) is 1.44. The summed E-state index contributed by atoms with van der Waals surface area (Å²) in [5, 5.41) is 18.2. The van der Waals surface area contributed by atoms with Crippen LogP contribution >= 0.6 is 21.6 Å². The number of pyridine rings is 1. The molecule has 2 unspecified atom stereocenters. The summed E-state index contributed by atoms with van der Waals surface area (Å²) in [6, 6.07) is 3.68. The number of aromatic nitrogens is 1. The van der Waals surface area contributed by atoms with E-state index in [0.717, 1.165) is 17.7 Å². The van der Waals surface area contributed by atoms with Gasteiger partial charge in [0.1, 0.15) is 5.82 Å². The SMILES string of the molecule is Cc1ccc(CN(C=O)C(C)C(CCO)SSCCO)c(N)n1. The molecule has 1 aromatic rings. The van der Waals surface area contributed by atoms with Crippen LogP contribution in [-0.4, -0.2) is 56.8 Å². The summed E-state index contributed by atoms with van der Waals surface area (Å²) in [5.41, 5.74) is 7.58. The Kier molecular flexibility index (Phi) is 9.39. The number of aliphatic hydroxyl groups is 2. The molecular weight excluding hydrogens is 334 g/mol. The molecule has 8 heteroatoms. The number of aryl methyl sites for hydroxylation is 1. The van der Waals surface area contributed by atoms with Crippen molar-refractivity contribution in [3.8, 4) is 0 Å². The first-order chi connectivity index (χ1) is 11.0. The Morgan fingerprint density at radius 2 is 2.13 bits per heavy atom. The van der Waals surface area contributed by atoms with Crippen LogP contribution in [0.15, 0.2) is 12.1 Å². The third-order valence-electron chi connectivity index (χ3n) is 3.48. The van der Waals surface area contributed by atoms with Gasteiger partial charge in [-0.15, -0.1) is 0 Å². The van der Waals surface area contributed by atoms with E-state index < -0.39 is 0 Å². The number of carbonyl (C=O) groups excluding carboxylic acids is 1. The number of carbonyl (C=O) groups is 1. The van der Waals surface area contributed by atoms with Crippen LogP contribution in [0.2, 0.25) is 0 Å². The Morgan fingerprint density at radius 3 is 2.70 bits per heavy atom. The van der Waals surface area contributed by atoms with Crippen LogP contribution in [0, 0.1) is 6.92 Å². The van der Waals surface area contributed by atoms with Crippen LogP contribution in [0.1, 0.15) is 24.6 Å². The molecule has 0 aliphatic carbocycles. The van der Waals surface area contributed by atoms with Gasteiger partial charge < -0.3 is 20.8 Å². The first-order valence-corrected chi connectivity index (χ1v) is 9.84. The molecule has 1 amide bonds. The van der Waals surface area contributed by atoms with Gasteiger partial charge in [0.15, 0.2) is 0 Å². The van der Waals surface area contributed by atoms with Gasteiger partial charge in [0.05, 0.1) is 6.61 Å². The van der Waals surface area contributed by atoms with Crippen molar-refractivity contribution in [2.45, 2.75) is 38.1 Å². The highest BCUT2D eigenvalue weighted by atomic mass is 33.1. The molecule has 4 N–H and O–H groups in total. The molecule has 0 saturated heterocycles. The quantitative estimate of drug-likeness (QED) is 0.312. The van der Waals surface area contributed by atoms with Crippen molar-refractivity contribution in [1.29, 1.82) is 0 Å².